The Bertz CT molecular complexity index is 639. The fourth-order valence-corrected chi connectivity index (χ4v) is 2.02. The van der Waals surface area contributed by atoms with Gasteiger partial charge in [0.05, 0.1) is 18.7 Å². The zero-order valence-electron chi connectivity index (χ0n) is 12.5. The van der Waals surface area contributed by atoms with Gasteiger partial charge in [0.1, 0.15) is 11.5 Å². The lowest BCUT2D eigenvalue weighted by molar-refractivity contribution is -0.145. The number of aromatic nitrogens is 1. The molecule has 0 aliphatic carbocycles. The average Bonchev–Trinajstić information content (AvgIpc) is 2.45. The van der Waals surface area contributed by atoms with Crippen LogP contribution in [0.2, 0.25) is 0 Å². The largest absolute Gasteiger partial charge is 0.494 e. The fraction of sp³-hybridized carbons (Fsp3) is 0.375. The van der Waals surface area contributed by atoms with Gasteiger partial charge in [-0.3, -0.25) is 4.98 Å². The van der Waals surface area contributed by atoms with E-state index in [1.54, 1.807) is 6.92 Å². The lowest BCUT2D eigenvalue weighted by atomic mass is 10.1. The van der Waals surface area contributed by atoms with Crippen molar-refractivity contribution >= 4 is 16.9 Å². The highest BCUT2D eigenvalue weighted by atomic mass is 16.6. The number of benzene rings is 1. The smallest absolute Gasteiger partial charge is 0.344 e. The van der Waals surface area contributed by atoms with E-state index in [0.29, 0.717) is 19.0 Å². The van der Waals surface area contributed by atoms with E-state index in [1.165, 1.54) is 0 Å². The van der Waals surface area contributed by atoms with E-state index in [4.69, 9.17) is 14.2 Å². The van der Waals surface area contributed by atoms with Gasteiger partial charge in [-0.15, -0.1) is 0 Å². The molecule has 0 aliphatic rings. The lowest BCUT2D eigenvalue weighted by Gasteiger charge is -2.11. The number of hydrogen-bond donors (Lipinski definition) is 0. The van der Waals surface area contributed by atoms with E-state index in [0.717, 1.165) is 22.3 Å². The molecule has 0 bridgehead atoms. The first kappa shape index (κ1) is 15.1. The van der Waals surface area contributed by atoms with Crippen molar-refractivity contribution in [1.82, 2.24) is 4.98 Å². The molecule has 0 unspecified atom stereocenters. The number of esters is 1. The monoisotopic (exact) mass is 289 g/mol. The van der Waals surface area contributed by atoms with Gasteiger partial charge in [-0.25, -0.2) is 4.79 Å². The highest BCUT2D eigenvalue weighted by Gasteiger charge is 2.09. The number of ether oxygens (including phenoxy) is 3. The summed E-state index contributed by atoms with van der Waals surface area (Å²) in [6.07, 6.45) is 0. The van der Waals surface area contributed by atoms with Gasteiger partial charge in [0.25, 0.3) is 0 Å². The van der Waals surface area contributed by atoms with Crippen LogP contribution in [-0.4, -0.2) is 30.8 Å². The first-order valence-corrected chi connectivity index (χ1v) is 6.96. The molecule has 0 aliphatic heterocycles. The van der Waals surface area contributed by atoms with E-state index in [2.05, 4.69) is 4.98 Å². The van der Waals surface area contributed by atoms with Crippen LogP contribution in [0, 0.1) is 6.92 Å². The number of hydrogen-bond acceptors (Lipinski definition) is 5. The van der Waals surface area contributed by atoms with Gasteiger partial charge >= 0.3 is 5.97 Å². The highest BCUT2D eigenvalue weighted by Crippen LogP contribution is 2.28. The van der Waals surface area contributed by atoms with Gasteiger partial charge in [0.15, 0.2) is 6.61 Å². The predicted molar refractivity (Wildman–Crippen MR) is 79.8 cm³/mol. The van der Waals surface area contributed by atoms with Crippen molar-refractivity contribution in [2.24, 2.45) is 0 Å². The molecule has 0 spiro atoms. The number of aryl methyl sites for hydroxylation is 1. The van der Waals surface area contributed by atoms with Gasteiger partial charge in [0.2, 0.25) is 0 Å². The molecule has 5 heteroatoms. The summed E-state index contributed by atoms with van der Waals surface area (Å²) >= 11 is 0. The van der Waals surface area contributed by atoms with E-state index in [-0.39, 0.29) is 12.6 Å². The first-order valence-electron chi connectivity index (χ1n) is 6.96. The van der Waals surface area contributed by atoms with Crippen molar-refractivity contribution in [3.63, 3.8) is 0 Å². The zero-order chi connectivity index (χ0) is 15.2. The lowest BCUT2D eigenvalue weighted by Crippen LogP contribution is -2.14. The number of pyridine rings is 1. The van der Waals surface area contributed by atoms with E-state index < -0.39 is 0 Å². The summed E-state index contributed by atoms with van der Waals surface area (Å²) in [7, 11) is 0. The van der Waals surface area contributed by atoms with Gasteiger partial charge in [-0.2, -0.15) is 0 Å². The van der Waals surface area contributed by atoms with Gasteiger partial charge < -0.3 is 14.2 Å². The average molecular weight is 289 g/mol. The summed E-state index contributed by atoms with van der Waals surface area (Å²) in [4.78, 5) is 15.9. The van der Waals surface area contributed by atoms with E-state index in [1.807, 2.05) is 38.1 Å². The normalized spacial score (nSPS) is 10.4. The molecular formula is C16H19NO4. The summed E-state index contributed by atoms with van der Waals surface area (Å²) in [5, 5.41) is 0.841. The molecule has 1 aromatic heterocycles. The number of nitrogens with zero attached hydrogens (tertiary/aromatic N) is 1. The summed E-state index contributed by atoms with van der Waals surface area (Å²) in [6.45, 7) is 6.41. The van der Waals surface area contributed by atoms with Crippen LogP contribution >= 0.6 is 0 Å². The van der Waals surface area contributed by atoms with Crippen molar-refractivity contribution in [3.8, 4) is 11.5 Å². The molecule has 0 amide bonds. The van der Waals surface area contributed by atoms with Crippen molar-refractivity contribution < 1.29 is 19.0 Å². The fourth-order valence-electron chi connectivity index (χ4n) is 2.02. The Hall–Kier alpha value is -2.30. The number of carbonyl (C=O) groups is 1. The van der Waals surface area contributed by atoms with Crippen LogP contribution in [0.25, 0.3) is 10.9 Å². The third kappa shape index (κ3) is 3.84. The molecular weight excluding hydrogens is 270 g/mol. The Morgan fingerprint density at radius 2 is 1.95 bits per heavy atom. The van der Waals surface area contributed by atoms with Crippen molar-refractivity contribution in [1.29, 1.82) is 0 Å². The first-order chi connectivity index (χ1) is 10.1. The topological polar surface area (TPSA) is 57.7 Å². The standard InChI is InChI=1S/C16H19NO4/c1-4-19-12-6-7-13-14(9-12)17-11(3)8-15(13)21-10-16(18)20-5-2/h6-9H,4-5,10H2,1-3H3. The summed E-state index contributed by atoms with van der Waals surface area (Å²) in [5.74, 6) is 0.999. The second kappa shape index (κ2) is 6.92. The van der Waals surface area contributed by atoms with Gasteiger partial charge in [-0.1, -0.05) is 0 Å². The molecule has 0 fully saturated rings. The Balaban J connectivity index is 2.28. The van der Waals surface area contributed by atoms with Crippen LogP contribution in [0.3, 0.4) is 0 Å². The van der Waals surface area contributed by atoms with Crippen LogP contribution in [0.5, 0.6) is 11.5 Å². The third-order valence-corrected chi connectivity index (χ3v) is 2.83. The molecule has 2 aromatic rings. The molecule has 21 heavy (non-hydrogen) atoms. The van der Waals surface area contributed by atoms with Crippen molar-refractivity contribution in [3.05, 3.63) is 30.0 Å². The minimum atomic E-state index is -0.383. The Morgan fingerprint density at radius 1 is 1.14 bits per heavy atom. The summed E-state index contributed by atoms with van der Waals surface area (Å²) < 4.78 is 15.9. The minimum Gasteiger partial charge on any atom is -0.494 e. The SMILES string of the molecule is CCOC(=O)COc1cc(C)nc2cc(OCC)ccc12. The summed E-state index contributed by atoms with van der Waals surface area (Å²) in [6, 6.07) is 7.41. The number of rotatable bonds is 6. The quantitative estimate of drug-likeness (QED) is 0.765. The van der Waals surface area contributed by atoms with Crippen LogP contribution in [0.1, 0.15) is 19.5 Å². The number of fused-ring (bicyclic) bond motifs is 1. The predicted octanol–water partition coefficient (Wildman–Crippen LogP) is 2.88. The third-order valence-electron chi connectivity index (χ3n) is 2.83. The van der Waals surface area contributed by atoms with E-state index >= 15 is 0 Å². The van der Waals surface area contributed by atoms with Gasteiger partial charge in [0, 0.05) is 23.2 Å². The molecule has 2 rings (SSSR count). The maximum absolute atomic E-state index is 11.4. The van der Waals surface area contributed by atoms with Crippen molar-refractivity contribution in [2.45, 2.75) is 20.8 Å². The Kier molecular flexibility index (Phi) is 4.98. The summed E-state index contributed by atoms with van der Waals surface area (Å²) in [5.41, 5.74) is 1.59. The molecule has 0 radical (unpaired) electrons. The minimum absolute atomic E-state index is 0.112. The molecule has 5 nitrogen and oxygen atoms in total. The second-order valence-electron chi connectivity index (χ2n) is 4.47. The molecule has 0 saturated carbocycles. The van der Waals surface area contributed by atoms with E-state index in [9.17, 15) is 4.79 Å². The van der Waals surface area contributed by atoms with Gasteiger partial charge in [-0.05, 0) is 32.9 Å². The molecule has 0 N–H and O–H groups in total. The maximum Gasteiger partial charge on any atom is 0.344 e. The molecule has 0 atom stereocenters. The van der Waals surface area contributed by atoms with Crippen LogP contribution in [0.15, 0.2) is 24.3 Å². The van der Waals surface area contributed by atoms with Crippen molar-refractivity contribution in [2.75, 3.05) is 19.8 Å². The Labute approximate surface area is 123 Å². The maximum atomic E-state index is 11.4. The molecule has 0 saturated heterocycles. The highest BCUT2D eigenvalue weighted by molar-refractivity contribution is 5.86. The molecule has 1 heterocycles. The van der Waals surface area contributed by atoms with Crippen LogP contribution < -0.4 is 9.47 Å². The molecule has 1 aromatic carbocycles. The Morgan fingerprint density at radius 3 is 2.67 bits per heavy atom. The molecule has 112 valence electrons. The zero-order valence-corrected chi connectivity index (χ0v) is 12.5. The van der Waals surface area contributed by atoms with Crippen LogP contribution in [0.4, 0.5) is 0 Å². The number of carbonyl (C=O) groups excluding carboxylic acids is 1. The van der Waals surface area contributed by atoms with Crippen LogP contribution in [-0.2, 0) is 9.53 Å². The second-order valence-corrected chi connectivity index (χ2v) is 4.47.